The van der Waals surface area contributed by atoms with E-state index in [1.54, 1.807) is 36.4 Å². The zero-order chi connectivity index (χ0) is 20.3. The minimum Gasteiger partial charge on any atom is -0.322 e. The van der Waals surface area contributed by atoms with Crippen molar-refractivity contribution in [2.45, 2.75) is 18.7 Å². The van der Waals surface area contributed by atoms with Gasteiger partial charge >= 0.3 is 0 Å². The van der Waals surface area contributed by atoms with Gasteiger partial charge in [0.05, 0.1) is 5.02 Å². The van der Waals surface area contributed by atoms with Gasteiger partial charge in [-0.25, -0.2) is 8.42 Å². The third kappa shape index (κ3) is 4.52. The molecule has 5 nitrogen and oxygen atoms in total. The number of hydrogen-bond acceptors (Lipinski definition) is 3. The number of aryl methyl sites for hydroxylation is 2. The Hall–Kier alpha value is -2.83. The van der Waals surface area contributed by atoms with Gasteiger partial charge in [-0.15, -0.1) is 0 Å². The highest BCUT2D eigenvalue weighted by Gasteiger charge is 2.21. The van der Waals surface area contributed by atoms with E-state index < -0.39 is 15.9 Å². The van der Waals surface area contributed by atoms with E-state index in [9.17, 15) is 13.2 Å². The number of halogens is 1. The second-order valence-corrected chi connectivity index (χ2v) is 8.43. The number of amides is 1. The van der Waals surface area contributed by atoms with Gasteiger partial charge in [-0.3, -0.25) is 9.52 Å². The molecule has 0 radical (unpaired) electrons. The minimum atomic E-state index is -3.96. The van der Waals surface area contributed by atoms with Crippen LogP contribution in [-0.4, -0.2) is 14.3 Å². The van der Waals surface area contributed by atoms with Crippen molar-refractivity contribution in [2.75, 3.05) is 10.0 Å². The molecule has 0 atom stereocenters. The SMILES string of the molecule is Cc1ccc(NS(=O)(=O)c2cc(C(=O)Nc3ccccc3)ccc2Cl)cc1C. The van der Waals surface area contributed by atoms with Gasteiger partial charge in [0.25, 0.3) is 15.9 Å². The van der Waals surface area contributed by atoms with E-state index in [0.29, 0.717) is 11.4 Å². The first-order chi connectivity index (χ1) is 13.3. The van der Waals surface area contributed by atoms with E-state index in [4.69, 9.17) is 11.6 Å². The smallest absolute Gasteiger partial charge is 0.263 e. The van der Waals surface area contributed by atoms with Crippen molar-refractivity contribution < 1.29 is 13.2 Å². The Morgan fingerprint density at radius 2 is 1.57 bits per heavy atom. The van der Waals surface area contributed by atoms with Crippen molar-refractivity contribution in [2.24, 2.45) is 0 Å². The van der Waals surface area contributed by atoms with Crippen LogP contribution in [0, 0.1) is 13.8 Å². The molecule has 0 aromatic heterocycles. The molecule has 0 unspecified atom stereocenters. The first kappa shape index (κ1) is 19.9. The fourth-order valence-electron chi connectivity index (χ4n) is 2.59. The molecule has 0 saturated heterocycles. The van der Waals surface area contributed by atoms with Gasteiger partial charge in [-0.05, 0) is 67.4 Å². The molecule has 2 N–H and O–H groups in total. The van der Waals surface area contributed by atoms with Crippen LogP contribution >= 0.6 is 11.6 Å². The van der Waals surface area contributed by atoms with Crippen molar-refractivity contribution in [1.82, 2.24) is 0 Å². The number of sulfonamides is 1. The van der Waals surface area contributed by atoms with Gasteiger partial charge in [0.15, 0.2) is 0 Å². The lowest BCUT2D eigenvalue weighted by molar-refractivity contribution is 0.102. The average molecular weight is 415 g/mol. The van der Waals surface area contributed by atoms with Crippen LogP contribution in [0.25, 0.3) is 0 Å². The minimum absolute atomic E-state index is 0.0348. The molecule has 1 amide bonds. The lowest BCUT2D eigenvalue weighted by Gasteiger charge is -2.12. The van der Waals surface area contributed by atoms with Crippen LogP contribution < -0.4 is 10.0 Å². The summed E-state index contributed by atoms with van der Waals surface area (Å²) in [5.41, 5.74) is 3.25. The zero-order valence-corrected chi connectivity index (χ0v) is 16.9. The number of nitrogens with one attached hydrogen (secondary N) is 2. The van der Waals surface area contributed by atoms with Gasteiger partial charge in [0, 0.05) is 16.9 Å². The number of anilines is 2. The Morgan fingerprint density at radius 1 is 0.857 bits per heavy atom. The molecule has 3 aromatic rings. The van der Waals surface area contributed by atoms with E-state index in [1.807, 2.05) is 26.0 Å². The fraction of sp³-hybridized carbons (Fsp3) is 0.0952. The first-order valence-electron chi connectivity index (χ1n) is 8.52. The number of carbonyl (C=O) groups excluding carboxylic acids is 1. The fourth-order valence-corrected chi connectivity index (χ4v) is 4.17. The molecule has 0 heterocycles. The summed E-state index contributed by atoms with van der Waals surface area (Å²) >= 11 is 6.12. The highest BCUT2D eigenvalue weighted by Crippen LogP contribution is 2.26. The lowest BCUT2D eigenvalue weighted by atomic mass is 10.1. The second kappa shape index (κ2) is 8.04. The molecular formula is C21H19ClN2O3S. The third-order valence-electron chi connectivity index (χ3n) is 4.27. The summed E-state index contributed by atoms with van der Waals surface area (Å²) in [5.74, 6) is -0.425. The normalized spacial score (nSPS) is 11.1. The van der Waals surface area contributed by atoms with Crippen LogP contribution in [0.3, 0.4) is 0 Å². The highest BCUT2D eigenvalue weighted by molar-refractivity contribution is 7.92. The van der Waals surface area contributed by atoms with Crippen LogP contribution in [-0.2, 0) is 10.0 Å². The van der Waals surface area contributed by atoms with Gasteiger partial charge in [0.2, 0.25) is 0 Å². The van der Waals surface area contributed by atoms with Crippen LogP contribution in [0.2, 0.25) is 5.02 Å². The van der Waals surface area contributed by atoms with E-state index in [2.05, 4.69) is 10.0 Å². The Balaban J connectivity index is 1.89. The molecule has 0 aliphatic carbocycles. The summed E-state index contributed by atoms with van der Waals surface area (Å²) in [6.07, 6.45) is 0. The van der Waals surface area contributed by atoms with E-state index in [-0.39, 0.29) is 15.5 Å². The van der Waals surface area contributed by atoms with Gasteiger partial charge in [0.1, 0.15) is 4.90 Å². The van der Waals surface area contributed by atoms with Crippen molar-refractivity contribution >= 4 is 38.9 Å². The Labute approximate surface area is 169 Å². The number of rotatable bonds is 5. The number of para-hydroxylation sites is 1. The molecule has 0 aliphatic rings. The number of hydrogen-bond donors (Lipinski definition) is 2. The standard InChI is InChI=1S/C21H19ClN2O3S/c1-14-8-10-18(12-15(14)2)24-28(26,27)20-13-16(9-11-19(20)22)21(25)23-17-6-4-3-5-7-17/h3-13,24H,1-2H3,(H,23,25). The topological polar surface area (TPSA) is 75.3 Å². The molecule has 0 aliphatic heterocycles. The summed E-state index contributed by atoms with van der Waals surface area (Å²) in [5, 5.41) is 2.76. The third-order valence-corrected chi connectivity index (χ3v) is 6.14. The second-order valence-electron chi connectivity index (χ2n) is 6.37. The molecule has 3 rings (SSSR count). The van der Waals surface area contributed by atoms with Crippen LogP contribution in [0.4, 0.5) is 11.4 Å². The molecule has 144 valence electrons. The monoisotopic (exact) mass is 414 g/mol. The van der Waals surface area contributed by atoms with E-state index in [0.717, 1.165) is 11.1 Å². The van der Waals surface area contributed by atoms with Crippen molar-refractivity contribution in [3.63, 3.8) is 0 Å². The first-order valence-corrected chi connectivity index (χ1v) is 10.4. The summed E-state index contributed by atoms with van der Waals surface area (Å²) in [6, 6.07) is 18.3. The maximum Gasteiger partial charge on any atom is 0.263 e. The Kier molecular flexibility index (Phi) is 5.72. The predicted octanol–water partition coefficient (Wildman–Crippen LogP) is 5.01. The molecule has 0 fully saturated rings. The summed E-state index contributed by atoms with van der Waals surface area (Å²) < 4.78 is 28.2. The lowest BCUT2D eigenvalue weighted by Crippen LogP contribution is -2.16. The van der Waals surface area contributed by atoms with E-state index in [1.165, 1.54) is 18.2 Å². The molecule has 0 spiro atoms. The molecule has 7 heteroatoms. The summed E-state index contributed by atoms with van der Waals surface area (Å²) in [6.45, 7) is 3.84. The highest BCUT2D eigenvalue weighted by atomic mass is 35.5. The Bertz CT molecular complexity index is 1130. The molecule has 0 saturated carbocycles. The molecule has 28 heavy (non-hydrogen) atoms. The predicted molar refractivity (Wildman–Crippen MR) is 113 cm³/mol. The largest absolute Gasteiger partial charge is 0.322 e. The van der Waals surface area contributed by atoms with Crippen molar-refractivity contribution in [3.8, 4) is 0 Å². The summed E-state index contributed by atoms with van der Waals surface area (Å²) in [7, 11) is -3.96. The van der Waals surface area contributed by atoms with Gasteiger partial charge in [-0.2, -0.15) is 0 Å². The van der Waals surface area contributed by atoms with Gasteiger partial charge < -0.3 is 5.32 Å². The maximum absolute atomic E-state index is 12.8. The van der Waals surface area contributed by atoms with Gasteiger partial charge in [-0.1, -0.05) is 35.9 Å². The molecule has 0 bridgehead atoms. The van der Waals surface area contributed by atoms with Crippen molar-refractivity contribution in [3.05, 3.63) is 88.4 Å². The maximum atomic E-state index is 12.8. The zero-order valence-electron chi connectivity index (χ0n) is 15.4. The average Bonchev–Trinajstić information content (AvgIpc) is 2.65. The molecule has 3 aromatic carbocycles. The van der Waals surface area contributed by atoms with Crippen molar-refractivity contribution in [1.29, 1.82) is 0 Å². The quantitative estimate of drug-likeness (QED) is 0.616. The van der Waals surface area contributed by atoms with Crippen LogP contribution in [0.5, 0.6) is 0 Å². The summed E-state index contributed by atoms with van der Waals surface area (Å²) in [4.78, 5) is 12.3. The molecular weight excluding hydrogens is 396 g/mol. The van der Waals surface area contributed by atoms with E-state index >= 15 is 0 Å². The van der Waals surface area contributed by atoms with Crippen LogP contribution in [0.15, 0.2) is 71.6 Å². The number of carbonyl (C=O) groups is 1. The number of benzene rings is 3. The van der Waals surface area contributed by atoms with Crippen LogP contribution in [0.1, 0.15) is 21.5 Å². The Morgan fingerprint density at radius 3 is 2.25 bits per heavy atom.